The molecule has 1 aromatic heterocycles. The SMILES string of the molecule is Cc1cccc(F)c1Nc1ncc(Br)cc1C(=O)O. The monoisotopic (exact) mass is 324 g/mol. The van der Waals surface area contributed by atoms with Gasteiger partial charge >= 0.3 is 5.97 Å². The number of rotatable bonds is 3. The lowest BCUT2D eigenvalue weighted by atomic mass is 10.2. The summed E-state index contributed by atoms with van der Waals surface area (Å²) in [7, 11) is 0. The van der Waals surface area contributed by atoms with E-state index < -0.39 is 11.8 Å². The molecule has 2 rings (SSSR count). The highest BCUT2D eigenvalue weighted by molar-refractivity contribution is 9.10. The third-order valence-electron chi connectivity index (χ3n) is 2.55. The second-order valence-corrected chi connectivity index (χ2v) is 4.83. The fourth-order valence-corrected chi connectivity index (χ4v) is 1.94. The van der Waals surface area contributed by atoms with E-state index in [4.69, 9.17) is 5.11 Å². The molecule has 0 amide bonds. The smallest absolute Gasteiger partial charge is 0.339 e. The number of nitrogens with one attached hydrogen (secondary N) is 1. The molecule has 2 aromatic rings. The van der Waals surface area contributed by atoms with Crippen molar-refractivity contribution in [2.24, 2.45) is 0 Å². The van der Waals surface area contributed by atoms with Gasteiger partial charge < -0.3 is 10.4 Å². The molecule has 19 heavy (non-hydrogen) atoms. The summed E-state index contributed by atoms with van der Waals surface area (Å²) in [6, 6.07) is 6.02. The first-order valence-corrected chi connectivity index (χ1v) is 6.19. The van der Waals surface area contributed by atoms with Crippen molar-refractivity contribution in [2.45, 2.75) is 6.92 Å². The average molecular weight is 325 g/mol. The fourth-order valence-electron chi connectivity index (χ4n) is 1.61. The van der Waals surface area contributed by atoms with Crippen molar-refractivity contribution in [3.8, 4) is 0 Å². The van der Waals surface area contributed by atoms with Crippen LogP contribution >= 0.6 is 15.9 Å². The number of carbonyl (C=O) groups is 1. The largest absolute Gasteiger partial charge is 0.478 e. The maximum absolute atomic E-state index is 13.7. The molecule has 0 saturated carbocycles. The summed E-state index contributed by atoms with van der Waals surface area (Å²) in [5.74, 6) is -1.49. The fraction of sp³-hybridized carbons (Fsp3) is 0.0769. The van der Waals surface area contributed by atoms with Crippen molar-refractivity contribution < 1.29 is 14.3 Å². The van der Waals surface area contributed by atoms with E-state index in [0.717, 1.165) is 0 Å². The van der Waals surface area contributed by atoms with Gasteiger partial charge in [-0.3, -0.25) is 0 Å². The minimum Gasteiger partial charge on any atom is -0.478 e. The molecular formula is C13H10BrFN2O2. The topological polar surface area (TPSA) is 62.2 Å². The lowest BCUT2D eigenvalue weighted by molar-refractivity contribution is 0.0697. The Balaban J connectivity index is 2.47. The first-order chi connectivity index (χ1) is 8.99. The van der Waals surface area contributed by atoms with Crippen LogP contribution in [0.3, 0.4) is 0 Å². The highest BCUT2D eigenvalue weighted by Crippen LogP contribution is 2.26. The van der Waals surface area contributed by atoms with Crippen LogP contribution < -0.4 is 5.32 Å². The van der Waals surface area contributed by atoms with Gasteiger partial charge in [-0.2, -0.15) is 0 Å². The van der Waals surface area contributed by atoms with Crippen LogP contribution in [0.1, 0.15) is 15.9 Å². The summed E-state index contributed by atoms with van der Waals surface area (Å²) in [4.78, 5) is 15.1. The summed E-state index contributed by atoms with van der Waals surface area (Å²) in [6.07, 6.45) is 1.45. The number of hydrogen-bond donors (Lipinski definition) is 2. The number of carboxylic acid groups (broad SMARTS) is 1. The molecule has 2 N–H and O–H groups in total. The third kappa shape index (κ3) is 2.90. The molecule has 0 spiro atoms. The molecule has 0 atom stereocenters. The summed E-state index contributed by atoms with van der Waals surface area (Å²) in [5.41, 5.74) is 0.859. The van der Waals surface area contributed by atoms with Crippen molar-refractivity contribution in [3.63, 3.8) is 0 Å². The Morgan fingerprint density at radius 3 is 2.84 bits per heavy atom. The minimum atomic E-state index is -1.13. The van der Waals surface area contributed by atoms with E-state index >= 15 is 0 Å². The zero-order chi connectivity index (χ0) is 14.0. The quantitative estimate of drug-likeness (QED) is 0.902. The number of aromatic carboxylic acids is 1. The molecule has 0 fully saturated rings. The first kappa shape index (κ1) is 13.5. The lowest BCUT2D eigenvalue weighted by Gasteiger charge is -2.12. The Bertz CT molecular complexity index is 626. The summed E-state index contributed by atoms with van der Waals surface area (Å²) < 4.78 is 14.2. The molecule has 6 heteroatoms. The second-order valence-electron chi connectivity index (χ2n) is 3.91. The van der Waals surface area contributed by atoms with Crippen LogP contribution in [0.5, 0.6) is 0 Å². The van der Waals surface area contributed by atoms with Gasteiger partial charge in [0.25, 0.3) is 0 Å². The molecule has 0 unspecified atom stereocenters. The number of hydrogen-bond acceptors (Lipinski definition) is 3. The van der Waals surface area contributed by atoms with Gasteiger partial charge in [-0.25, -0.2) is 14.2 Å². The van der Waals surface area contributed by atoms with Gasteiger partial charge in [0.15, 0.2) is 0 Å². The number of para-hydroxylation sites is 1. The molecule has 0 saturated heterocycles. The minimum absolute atomic E-state index is 0.0305. The van der Waals surface area contributed by atoms with Gasteiger partial charge in [-0.1, -0.05) is 12.1 Å². The maximum atomic E-state index is 13.7. The van der Waals surface area contributed by atoms with Crippen molar-refractivity contribution in [1.82, 2.24) is 4.98 Å². The molecule has 0 aliphatic rings. The van der Waals surface area contributed by atoms with E-state index in [1.54, 1.807) is 19.1 Å². The number of nitrogens with zero attached hydrogens (tertiary/aromatic N) is 1. The molecule has 4 nitrogen and oxygen atoms in total. The number of halogens is 2. The predicted molar refractivity (Wildman–Crippen MR) is 73.3 cm³/mol. The molecular weight excluding hydrogens is 315 g/mol. The average Bonchev–Trinajstić information content (AvgIpc) is 2.35. The van der Waals surface area contributed by atoms with Crippen molar-refractivity contribution >= 4 is 33.4 Å². The van der Waals surface area contributed by atoms with Crippen molar-refractivity contribution in [2.75, 3.05) is 5.32 Å². The highest BCUT2D eigenvalue weighted by Gasteiger charge is 2.14. The first-order valence-electron chi connectivity index (χ1n) is 5.40. The van der Waals surface area contributed by atoms with Crippen LogP contribution in [0.25, 0.3) is 0 Å². The Hall–Kier alpha value is -1.95. The summed E-state index contributed by atoms with van der Waals surface area (Å²) in [6.45, 7) is 1.73. The molecule has 1 heterocycles. The van der Waals surface area contributed by atoms with Crippen molar-refractivity contribution in [3.05, 3.63) is 51.9 Å². The Labute approximate surface area is 117 Å². The van der Waals surface area contributed by atoms with Gasteiger partial charge in [0, 0.05) is 10.7 Å². The van der Waals surface area contributed by atoms with Gasteiger partial charge in [-0.05, 0) is 40.5 Å². The Morgan fingerprint density at radius 1 is 1.47 bits per heavy atom. The molecule has 1 aromatic carbocycles. The lowest BCUT2D eigenvalue weighted by Crippen LogP contribution is -2.06. The number of benzene rings is 1. The van der Waals surface area contributed by atoms with Gasteiger partial charge in [0.2, 0.25) is 0 Å². The van der Waals surface area contributed by atoms with E-state index in [2.05, 4.69) is 26.2 Å². The van der Waals surface area contributed by atoms with E-state index in [1.807, 2.05) is 0 Å². The van der Waals surface area contributed by atoms with Crippen molar-refractivity contribution in [1.29, 1.82) is 0 Å². The summed E-state index contributed by atoms with van der Waals surface area (Å²) >= 11 is 3.15. The number of carboxylic acids is 1. The number of aryl methyl sites for hydroxylation is 1. The molecule has 0 aliphatic heterocycles. The summed E-state index contributed by atoms with van der Waals surface area (Å²) in [5, 5.41) is 11.8. The molecule has 98 valence electrons. The van der Waals surface area contributed by atoms with E-state index in [1.165, 1.54) is 18.3 Å². The number of aromatic nitrogens is 1. The third-order valence-corrected chi connectivity index (χ3v) is 2.98. The molecule has 0 aliphatic carbocycles. The molecule has 0 bridgehead atoms. The van der Waals surface area contributed by atoms with E-state index in [9.17, 15) is 9.18 Å². The van der Waals surface area contributed by atoms with E-state index in [-0.39, 0.29) is 17.1 Å². The van der Waals surface area contributed by atoms with Gasteiger partial charge in [0.1, 0.15) is 17.2 Å². The maximum Gasteiger partial charge on any atom is 0.339 e. The standard InChI is InChI=1S/C13H10BrFN2O2/c1-7-3-2-4-10(15)11(7)17-12-9(13(18)19)5-8(14)6-16-12/h2-6H,1H3,(H,16,17)(H,18,19). The van der Waals surface area contributed by atoms with Gasteiger partial charge in [0.05, 0.1) is 5.69 Å². The second kappa shape index (κ2) is 5.36. The van der Waals surface area contributed by atoms with Crippen LogP contribution in [0, 0.1) is 12.7 Å². The van der Waals surface area contributed by atoms with Gasteiger partial charge in [-0.15, -0.1) is 0 Å². The van der Waals surface area contributed by atoms with Crippen LogP contribution in [0.2, 0.25) is 0 Å². The molecule has 0 radical (unpaired) electrons. The Kier molecular flexibility index (Phi) is 3.80. The Morgan fingerprint density at radius 2 is 2.21 bits per heavy atom. The number of anilines is 2. The predicted octanol–water partition coefficient (Wildman–Crippen LogP) is 3.73. The van der Waals surface area contributed by atoms with Crippen LogP contribution in [-0.4, -0.2) is 16.1 Å². The normalized spacial score (nSPS) is 10.3. The zero-order valence-corrected chi connectivity index (χ0v) is 11.5. The van der Waals surface area contributed by atoms with Crippen LogP contribution in [0.15, 0.2) is 34.9 Å². The van der Waals surface area contributed by atoms with Crippen LogP contribution in [0.4, 0.5) is 15.9 Å². The number of pyridine rings is 1. The van der Waals surface area contributed by atoms with Crippen LogP contribution in [-0.2, 0) is 0 Å². The zero-order valence-electron chi connectivity index (χ0n) is 9.95. The van der Waals surface area contributed by atoms with E-state index in [0.29, 0.717) is 10.0 Å². The highest BCUT2D eigenvalue weighted by atomic mass is 79.9.